The van der Waals surface area contributed by atoms with Crippen molar-refractivity contribution in [3.05, 3.63) is 47.2 Å². The molecule has 0 spiro atoms. The van der Waals surface area contributed by atoms with Crippen LogP contribution >= 0.6 is 0 Å². The zero-order valence-electron chi connectivity index (χ0n) is 16.2. The number of rotatable bonds is 3. The highest BCUT2D eigenvalue weighted by Crippen LogP contribution is 2.36. The van der Waals surface area contributed by atoms with E-state index in [-0.39, 0.29) is 11.8 Å². The van der Waals surface area contributed by atoms with Crippen molar-refractivity contribution in [1.29, 1.82) is 0 Å². The zero-order chi connectivity index (χ0) is 19.7. The Morgan fingerprint density at radius 1 is 1.14 bits per heavy atom. The molecule has 1 aromatic heterocycles. The van der Waals surface area contributed by atoms with Crippen LogP contribution in [0.2, 0.25) is 0 Å². The van der Waals surface area contributed by atoms with Crippen LogP contribution in [0.5, 0.6) is 5.75 Å². The number of anilines is 2. The topological polar surface area (TPSA) is 74.8 Å². The average molecular weight is 380 g/mol. The molecule has 0 unspecified atom stereocenters. The molecule has 7 nitrogen and oxygen atoms in total. The summed E-state index contributed by atoms with van der Waals surface area (Å²) in [5, 5.41) is 2.66. The van der Waals surface area contributed by atoms with Gasteiger partial charge in [-0.2, -0.15) is 0 Å². The number of hydrogen-bond acceptors (Lipinski definition) is 5. The lowest BCUT2D eigenvalue weighted by molar-refractivity contribution is 0.0791. The van der Waals surface area contributed by atoms with Crippen LogP contribution in [0.1, 0.15) is 39.1 Å². The predicted molar refractivity (Wildman–Crippen MR) is 106 cm³/mol. The lowest BCUT2D eigenvalue weighted by Crippen LogP contribution is -2.31. The van der Waals surface area contributed by atoms with E-state index in [9.17, 15) is 9.59 Å². The van der Waals surface area contributed by atoms with E-state index in [4.69, 9.17) is 4.74 Å². The molecule has 1 aromatic carbocycles. The summed E-state index contributed by atoms with van der Waals surface area (Å²) in [5.41, 5.74) is 3.06. The first-order valence-corrected chi connectivity index (χ1v) is 9.61. The van der Waals surface area contributed by atoms with Gasteiger partial charge in [-0.1, -0.05) is 0 Å². The van der Waals surface area contributed by atoms with E-state index < -0.39 is 0 Å². The standard InChI is InChI=1S/C21H24N4O3/c1-14-11-16(5-6-17(14)20(26)22-2)25-9-10-28-18-12-15(13-23-19(18)25)21(27)24-7-3-4-8-24/h5-6,11-13H,3-4,7-10H2,1-2H3,(H,22,26). The Balaban J connectivity index is 1.63. The molecule has 0 radical (unpaired) electrons. The number of carbonyl (C=O) groups excluding carboxylic acids is 2. The number of likely N-dealkylation sites (tertiary alicyclic amines) is 1. The molecule has 2 aliphatic rings. The first kappa shape index (κ1) is 18.3. The molecule has 1 saturated heterocycles. The summed E-state index contributed by atoms with van der Waals surface area (Å²) in [6.07, 6.45) is 3.74. The van der Waals surface area contributed by atoms with Gasteiger partial charge in [0.2, 0.25) is 0 Å². The minimum Gasteiger partial charge on any atom is -0.488 e. The second-order valence-corrected chi connectivity index (χ2v) is 7.12. The van der Waals surface area contributed by atoms with Crippen molar-refractivity contribution >= 4 is 23.3 Å². The number of benzene rings is 1. The van der Waals surface area contributed by atoms with Gasteiger partial charge in [0.15, 0.2) is 11.6 Å². The van der Waals surface area contributed by atoms with Crippen molar-refractivity contribution in [2.24, 2.45) is 0 Å². The fourth-order valence-electron chi connectivity index (χ4n) is 3.78. The van der Waals surface area contributed by atoms with Crippen LogP contribution in [0.15, 0.2) is 30.5 Å². The van der Waals surface area contributed by atoms with Crippen molar-refractivity contribution in [3.63, 3.8) is 0 Å². The molecule has 7 heteroatoms. The van der Waals surface area contributed by atoms with Crippen LogP contribution in [0.3, 0.4) is 0 Å². The molecule has 28 heavy (non-hydrogen) atoms. The molecule has 0 atom stereocenters. The molecule has 1 N–H and O–H groups in total. The summed E-state index contributed by atoms with van der Waals surface area (Å²) in [7, 11) is 1.62. The third kappa shape index (κ3) is 3.28. The number of ether oxygens (including phenoxy) is 1. The van der Waals surface area contributed by atoms with Gasteiger partial charge in [0, 0.05) is 37.6 Å². The Bertz CT molecular complexity index is 922. The number of fused-ring (bicyclic) bond motifs is 1. The maximum Gasteiger partial charge on any atom is 0.255 e. The molecule has 146 valence electrons. The second kappa shape index (κ2) is 7.50. The fourth-order valence-corrected chi connectivity index (χ4v) is 3.78. The zero-order valence-corrected chi connectivity index (χ0v) is 16.2. The monoisotopic (exact) mass is 380 g/mol. The second-order valence-electron chi connectivity index (χ2n) is 7.12. The smallest absolute Gasteiger partial charge is 0.255 e. The number of aryl methyl sites for hydroxylation is 1. The van der Waals surface area contributed by atoms with E-state index in [1.807, 2.05) is 30.0 Å². The van der Waals surface area contributed by atoms with Gasteiger partial charge >= 0.3 is 0 Å². The Morgan fingerprint density at radius 2 is 1.93 bits per heavy atom. The number of nitrogens with one attached hydrogen (secondary N) is 1. The van der Waals surface area contributed by atoms with Crippen molar-refractivity contribution in [3.8, 4) is 5.75 Å². The molecule has 3 heterocycles. The third-order valence-corrected chi connectivity index (χ3v) is 5.29. The largest absolute Gasteiger partial charge is 0.488 e. The Labute approximate surface area is 164 Å². The van der Waals surface area contributed by atoms with E-state index in [1.54, 1.807) is 19.3 Å². The lowest BCUT2D eigenvalue weighted by atomic mass is 10.1. The molecule has 2 aromatic rings. The quantitative estimate of drug-likeness (QED) is 0.886. The van der Waals surface area contributed by atoms with E-state index in [1.165, 1.54) is 0 Å². The van der Waals surface area contributed by atoms with Gasteiger partial charge in [-0.05, 0) is 49.6 Å². The van der Waals surface area contributed by atoms with Crippen molar-refractivity contribution < 1.29 is 14.3 Å². The lowest BCUT2D eigenvalue weighted by Gasteiger charge is -2.31. The summed E-state index contributed by atoms with van der Waals surface area (Å²) in [5.74, 6) is 1.22. The highest BCUT2D eigenvalue weighted by Gasteiger charge is 2.25. The van der Waals surface area contributed by atoms with Gasteiger partial charge in [0.25, 0.3) is 11.8 Å². The summed E-state index contributed by atoms with van der Waals surface area (Å²) < 4.78 is 5.80. The van der Waals surface area contributed by atoms with Gasteiger partial charge in [0.1, 0.15) is 6.61 Å². The minimum atomic E-state index is -0.102. The van der Waals surface area contributed by atoms with Crippen molar-refractivity contribution in [2.75, 3.05) is 38.2 Å². The van der Waals surface area contributed by atoms with Gasteiger partial charge in [0.05, 0.1) is 12.1 Å². The summed E-state index contributed by atoms with van der Waals surface area (Å²) in [6.45, 7) is 4.69. The number of pyridine rings is 1. The average Bonchev–Trinajstić information content (AvgIpc) is 3.26. The normalized spacial score (nSPS) is 15.8. The van der Waals surface area contributed by atoms with Gasteiger partial charge in [-0.15, -0.1) is 0 Å². The molecule has 0 aliphatic carbocycles. The number of hydrogen-bond donors (Lipinski definition) is 1. The SMILES string of the molecule is CNC(=O)c1ccc(N2CCOc3cc(C(=O)N4CCCC4)cnc32)cc1C. The molecule has 1 fully saturated rings. The molecular weight excluding hydrogens is 356 g/mol. The van der Waals surface area contributed by atoms with Crippen LogP contribution < -0.4 is 15.0 Å². The maximum atomic E-state index is 12.6. The Morgan fingerprint density at radius 3 is 2.64 bits per heavy atom. The maximum absolute atomic E-state index is 12.6. The van der Waals surface area contributed by atoms with E-state index in [2.05, 4.69) is 15.2 Å². The van der Waals surface area contributed by atoms with Crippen LogP contribution in [0, 0.1) is 6.92 Å². The minimum absolute atomic E-state index is 0.0132. The summed E-state index contributed by atoms with van der Waals surface area (Å²) >= 11 is 0. The summed E-state index contributed by atoms with van der Waals surface area (Å²) in [4.78, 5) is 33.0. The molecular formula is C21H24N4O3. The highest BCUT2D eigenvalue weighted by molar-refractivity contribution is 5.96. The molecule has 0 saturated carbocycles. The third-order valence-electron chi connectivity index (χ3n) is 5.29. The van der Waals surface area contributed by atoms with Crippen LogP contribution in [0.25, 0.3) is 0 Å². The first-order chi connectivity index (χ1) is 13.6. The van der Waals surface area contributed by atoms with Crippen LogP contribution in [0.4, 0.5) is 11.5 Å². The Kier molecular flexibility index (Phi) is 4.90. The van der Waals surface area contributed by atoms with Gasteiger partial charge in [-0.25, -0.2) is 4.98 Å². The number of aromatic nitrogens is 1. The van der Waals surface area contributed by atoms with Crippen molar-refractivity contribution in [2.45, 2.75) is 19.8 Å². The molecule has 4 rings (SSSR count). The Hall–Kier alpha value is -3.09. The van der Waals surface area contributed by atoms with Gasteiger partial charge < -0.3 is 19.9 Å². The van der Waals surface area contributed by atoms with Crippen LogP contribution in [-0.4, -0.2) is 55.0 Å². The van der Waals surface area contributed by atoms with Crippen molar-refractivity contribution in [1.82, 2.24) is 15.2 Å². The number of nitrogens with zero attached hydrogens (tertiary/aromatic N) is 3. The van der Waals surface area contributed by atoms with E-state index in [0.29, 0.717) is 35.8 Å². The highest BCUT2D eigenvalue weighted by atomic mass is 16.5. The number of carbonyl (C=O) groups is 2. The summed E-state index contributed by atoms with van der Waals surface area (Å²) in [6, 6.07) is 7.51. The van der Waals surface area contributed by atoms with Gasteiger partial charge in [-0.3, -0.25) is 9.59 Å². The van der Waals surface area contributed by atoms with Crippen LogP contribution in [-0.2, 0) is 0 Å². The van der Waals surface area contributed by atoms with E-state index >= 15 is 0 Å². The molecule has 2 aliphatic heterocycles. The molecule has 0 bridgehead atoms. The molecule has 2 amide bonds. The predicted octanol–water partition coefficient (Wildman–Crippen LogP) is 2.52. The first-order valence-electron chi connectivity index (χ1n) is 9.61. The number of amides is 2. The van der Waals surface area contributed by atoms with E-state index in [0.717, 1.165) is 37.2 Å². The fraction of sp³-hybridized carbons (Fsp3) is 0.381.